The van der Waals surface area contributed by atoms with E-state index in [4.69, 9.17) is 27.6 Å². The van der Waals surface area contributed by atoms with Gasteiger partial charge in [0.1, 0.15) is 5.76 Å². The maximum absolute atomic E-state index is 11.5. The Morgan fingerprint density at radius 3 is 2.47 bits per heavy atom. The molecule has 1 heterocycles. The topological polar surface area (TPSA) is 59.3 Å². The van der Waals surface area contributed by atoms with Gasteiger partial charge in [0, 0.05) is 12.5 Å². The third-order valence-corrected chi connectivity index (χ3v) is 3.06. The van der Waals surface area contributed by atoms with Crippen molar-refractivity contribution in [3.05, 3.63) is 46.1 Å². The molecule has 2 aromatic rings. The van der Waals surface area contributed by atoms with Gasteiger partial charge in [0.2, 0.25) is 5.91 Å². The van der Waals surface area contributed by atoms with Crippen molar-refractivity contribution < 1.29 is 14.0 Å². The summed E-state index contributed by atoms with van der Waals surface area (Å²) in [4.78, 5) is 22.3. The van der Waals surface area contributed by atoms with Crippen molar-refractivity contribution in [3.8, 4) is 11.3 Å². The first-order valence-corrected chi connectivity index (χ1v) is 6.10. The average molecular weight is 298 g/mol. The molecule has 2 amide bonds. The lowest BCUT2D eigenvalue weighted by Gasteiger charge is -2.00. The zero-order chi connectivity index (χ0) is 14.0. The second-order valence-corrected chi connectivity index (χ2v) is 4.62. The predicted molar refractivity (Wildman–Crippen MR) is 72.3 cm³/mol. The molecule has 0 unspecified atom stereocenters. The molecule has 19 heavy (non-hydrogen) atoms. The number of nitrogens with one attached hydrogen (secondary N) is 1. The van der Waals surface area contributed by atoms with E-state index in [1.165, 1.54) is 13.0 Å². The largest absolute Gasteiger partial charge is 0.451 e. The second-order valence-electron chi connectivity index (χ2n) is 3.80. The molecule has 0 bridgehead atoms. The molecule has 0 atom stereocenters. The Morgan fingerprint density at radius 2 is 1.84 bits per heavy atom. The highest BCUT2D eigenvalue weighted by Crippen LogP contribution is 2.29. The van der Waals surface area contributed by atoms with Crippen LogP contribution < -0.4 is 5.32 Å². The van der Waals surface area contributed by atoms with E-state index in [0.717, 1.165) is 0 Å². The highest BCUT2D eigenvalue weighted by Gasteiger charge is 2.13. The summed E-state index contributed by atoms with van der Waals surface area (Å²) in [6, 6.07) is 8.09. The molecule has 4 nitrogen and oxygen atoms in total. The first-order valence-electron chi connectivity index (χ1n) is 5.34. The molecule has 0 saturated heterocycles. The van der Waals surface area contributed by atoms with Crippen LogP contribution in [0.3, 0.4) is 0 Å². The van der Waals surface area contributed by atoms with Gasteiger partial charge in [-0.25, -0.2) is 0 Å². The Morgan fingerprint density at radius 1 is 1.11 bits per heavy atom. The number of carbonyl (C=O) groups excluding carboxylic acids is 2. The van der Waals surface area contributed by atoms with Crippen molar-refractivity contribution in [3.63, 3.8) is 0 Å². The van der Waals surface area contributed by atoms with E-state index in [1.54, 1.807) is 24.3 Å². The Bertz CT molecular complexity index is 649. The van der Waals surface area contributed by atoms with E-state index >= 15 is 0 Å². The number of carbonyl (C=O) groups is 2. The number of furan rings is 1. The van der Waals surface area contributed by atoms with Crippen LogP contribution in [0.4, 0.5) is 0 Å². The van der Waals surface area contributed by atoms with E-state index in [1.807, 2.05) is 0 Å². The van der Waals surface area contributed by atoms with E-state index in [2.05, 4.69) is 5.32 Å². The highest BCUT2D eigenvalue weighted by molar-refractivity contribution is 6.42. The van der Waals surface area contributed by atoms with Gasteiger partial charge < -0.3 is 4.42 Å². The molecule has 6 heteroatoms. The molecule has 2 rings (SSSR count). The van der Waals surface area contributed by atoms with Gasteiger partial charge in [-0.2, -0.15) is 0 Å². The molecule has 0 radical (unpaired) electrons. The third-order valence-electron chi connectivity index (χ3n) is 2.32. The van der Waals surface area contributed by atoms with E-state index in [0.29, 0.717) is 21.4 Å². The van der Waals surface area contributed by atoms with Crippen LogP contribution in [0.25, 0.3) is 11.3 Å². The first kappa shape index (κ1) is 13.6. The summed E-state index contributed by atoms with van der Waals surface area (Å²) in [5.74, 6) is -0.514. The number of rotatable bonds is 2. The minimum absolute atomic E-state index is 0.0521. The van der Waals surface area contributed by atoms with E-state index < -0.39 is 11.8 Å². The fourth-order valence-corrected chi connectivity index (χ4v) is 1.78. The molecule has 0 fully saturated rings. The van der Waals surface area contributed by atoms with Gasteiger partial charge in [-0.1, -0.05) is 23.2 Å². The van der Waals surface area contributed by atoms with Crippen molar-refractivity contribution in [2.75, 3.05) is 0 Å². The zero-order valence-corrected chi connectivity index (χ0v) is 11.4. The molecule has 0 aliphatic carbocycles. The van der Waals surface area contributed by atoms with Crippen LogP contribution in [0, 0.1) is 0 Å². The van der Waals surface area contributed by atoms with Crippen LogP contribution in [0.5, 0.6) is 0 Å². The predicted octanol–water partition coefficient (Wildman–Crippen LogP) is 3.53. The lowest BCUT2D eigenvalue weighted by atomic mass is 10.2. The minimum Gasteiger partial charge on any atom is -0.451 e. The maximum atomic E-state index is 11.5. The molecule has 0 aliphatic heterocycles. The van der Waals surface area contributed by atoms with Crippen LogP contribution in [-0.2, 0) is 4.79 Å². The lowest BCUT2D eigenvalue weighted by molar-refractivity contribution is -0.118. The zero-order valence-electron chi connectivity index (χ0n) is 9.87. The number of hydrogen-bond acceptors (Lipinski definition) is 3. The molecule has 98 valence electrons. The van der Waals surface area contributed by atoms with Gasteiger partial charge in [0.25, 0.3) is 5.91 Å². The lowest BCUT2D eigenvalue weighted by Crippen LogP contribution is -2.27. The Hall–Kier alpha value is -1.78. The SMILES string of the molecule is CC(=O)NC(=O)c1ccc(-c2ccc(Cl)c(Cl)c2)o1. The third kappa shape index (κ3) is 3.16. The van der Waals surface area contributed by atoms with Crippen molar-refractivity contribution >= 4 is 35.0 Å². The van der Waals surface area contributed by atoms with Crippen molar-refractivity contribution in [2.45, 2.75) is 6.92 Å². The fraction of sp³-hybridized carbons (Fsp3) is 0.0769. The molecular weight excluding hydrogens is 289 g/mol. The van der Waals surface area contributed by atoms with Gasteiger partial charge in [0.15, 0.2) is 5.76 Å². The second kappa shape index (κ2) is 5.47. The standard InChI is InChI=1S/C13H9Cl2NO3/c1-7(17)16-13(18)12-5-4-11(19-12)8-2-3-9(14)10(15)6-8/h2-6H,1H3,(H,16,17,18). The van der Waals surface area contributed by atoms with Crippen LogP contribution in [0.1, 0.15) is 17.5 Å². The molecule has 1 aromatic carbocycles. The van der Waals surface area contributed by atoms with Crippen molar-refractivity contribution in [1.29, 1.82) is 0 Å². The summed E-state index contributed by atoms with van der Waals surface area (Å²) >= 11 is 11.7. The summed E-state index contributed by atoms with van der Waals surface area (Å²) in [6.07, 6.45) is 0. The first-order chi connectivity index (χ1) is 8.97. The highest BCUT2D eigenvalue weighted by atomic mass is 35.5. The summed E-state index contributed by atoms with van der Waals surface area (Å²) in [6.45, 7) is 1.25. The number of hydrogen-bond donors (Lipinski definition) is 1. The van der Waals surface area contributed by atoms with Gasteiger partial charge in [-0.05, 0) is 30.3 Å². The molecule has 0 spiro atoms. The molecule has 0 aliphatic rings. The average Bonchev–Trinajstić information content (AvgIpc) is 2.81. The monoisotopic (exact) mass is 297 g/mol. The molecule has 1 N–H and O–H groups in total. The molecule has 1 aromatic heterocycles. The van der Waals surface area contributed by atoms with Crippen LogP contribution in [0.2, 0.25) is 10.0 Å². The van der Waals surface area contributed by atoms with E-state index in [-0.39, 0.29) is 5.76 Å². The van der Waals surface area contributed by atoms with Gasteiger partial charge >= 0.3 is 0 Å². The Kier molecular flexibility index (Phi) is 3.93. The summed E-state index contributed by atoms with van der Waals surface area (Å²) < 4.78 is 5.36. The van der Waals surface area contributed by atoms with Crippen LogP contribution >= 0.6 is 23.2 Å². The summed E-state index contributed by atoms with van der Waals surface area (Å²) in [5.41, 5.74) is 0.691. The van der Waals surface area contributed by atoms with Crippen molar-refractivity contribution in [1.82, 2.24) is 5.32 Å². The Balaban J connectivity index is 2.27. The quantitative estimate of drug-likeness (QED) is 0.922. The number of imide groups is 1. The number of halogens is 2. The maximum Gasteiger partial charge on any atom is 0.293 e. The Labute approximate surface area is 119 Å². The summed E-state index contributed by atoms with van der Waals surface area (Å²) in [5, 5.41) is 2.96. The van der Waals surface area contributed by atoms with Crippen molar-refractivity contribution in [2.24, 2.45) is 0 Å². The van der Waals surface area contributed by atoms with Gasteiger partial charge in [0.05, 0.1) is 10.0 Å². The van der Waals surface area contributed by atoms with Crippen LogP contribution in [0.15, 0.2) is 34.7 Å². The minimum atomic E-state index is -0.584. The van der Waals surface area contributed by atoms with Gasteiger partial charge in [-0.3, -0.25) is 14.9 Å². The van der Waals surface area contributed by atoms with Gasteiger partial charge in [-0.15, -0.1) is 0 Å². The van der Waals surface area contributed by atoms with E-state index in [9.17, 15) is 9.59 Å². The smallest absolute Gasteiger partial charge is 0.293 e. The fourth-order valence-electron chi connectivity index (χ4n) is 1.49. The number of benzene rings is 1. The molecule has 0 saturated carbocycles. The van der Waals surface area contributed by atoms with Crippen LogP contribution in [-0.4, -0.2) is 11.8 Å². The number of amides is 2. The normalized spacial score (nSPS) is 10.3. The molecular formula is C13H9Cl2NO3. The summed E-state index contributed by atoms with van der Waals surface area (Å²) in [7, 11) is 0.